The molecule has 3 atom stereocenters. The first kappa shape index (κ1) is 20.6. The third-order valence-corrected chi connectivity index (χ3v) is 10.2. The first-order valence-corrected chi connectivity index (χ1v) is 12.0. The second-order valence-electron chi connectivity index (χ2n) is 8.58. The van der Waals surface area contributed by atoms with Crippen LogP contribution in [0.25, 0.3) is 0 Å². The first-order chi connectivity index (χ1) is 12.0. The van der Waals surface area contributed by atoms with E-state index in [4.69, 9.17) is 9.16 Å². The number of benzene rings is 1. The van der Waals surface area contributed by atoms with Crippen molar-refractivity contribution in [3.63, 3.8) is 0 Å². The summed E-state index contributed by atoms with van der Waals surface area (Å²) in [6.07, 6.45) is 0.0714. The van der Waals surface area contributed by atoms with E-state index in [1.807, 2.05) is 6.92 Å². The minimum absolute atomic E-state index is 0.00146. The van der Waals surface area contributed by atoms with Gasteiger partial charge in [0.15, 0.2) is 14.1 Å². The Labute approximate surface area is 157 Å². The third kappa shape index (κ3) is 4.35. The number of carbonyl (C=O) groups excluding carboxylic acids is 2. The lowest BCUT2D eigenvalue weighted by Gasteiger charge is -2.45. The van der Waals surface area contributed by atoms with Gasteiger partial charge in [0, 0.05) is 12.0 Å². The van der Waals surface area contributed by atoms with E-state index in [2.05, 4.69) is 39.2 Å². The van der Waals surface area contributed by atoms with E-state index in [0.29, 0.717) is 11.3 Å². The van der Waals surface area contributed by atoms with Crippen LogP contribution in [0.1, 0.15) is 44.5 Å². The molecule has 2 rings (SSSR count). The number of hydrogen-bond acceptors (Lipinski definition) is 4. The van der Waals surface area contributed by atoms with E-state index < -0.39 is 8.32 Å². The second-order valence-corrected chi connectivity index (χ2v) is 13.3. The monoisotopic (exact) mass is 377 g/mol. The van der Waals surface area contributed by atoms with E-state index >= 15 is 0 Å². The maximum Gasteiger partial charge on any atom is 0.228 e. The molecule has 1 N–H and O–H groups in total. The van der Waals surface area contributed by atoms with Gasteiger partial charge >= 0.3 is 0 Å². The van der Waals surface area contributed by atoms with Crippen molar-refractivity contribution in [3.05, 3.63) is 29.8 Å². The molecule has 1 fully saturated rings. The summed E-state index contributed by atoms with van der Waals surface area (Å²) in [5.41, 5.74) is 0.599. The van der Waals surface area contributed by atoms with Crippen LogP contribution in [0.4, 0.5) is 0 Å². The van der Waals surface area contributed by atoms with Crippen molar-refractivity contribution in [2.75, 3.05) is 7.11 Å². The molecule has 1 aromatic rings. The number of β-lactam (4-membered cyclic amide) rings is 1. The number of hydrogen-bond donors (Lipinski definition) is 1. The Morgan fingerprint density at radius 2 is 1.96 bits per heavy atom. The smallest absolute Gasteiger partial charge is 0.228 e. The lowest BCUT2D eigenvalue weighted by Crippen LogP contribution is -2.64. The molecular formula is C20H31NO4Si. The van der Waals surface area contributed by atoms with Crippen LogP contribution in [-0.2, 0) is 9.22 Å². The summed E-state index contributed by atoms with van der Waals surface area (Å²) in [7, 11) is -0.395. The summed E-state index contributed by atoms with van der Waals surface area (Å²) in [5, 5.41) is 2.95. The number of rotatable bonds is 7. The van der Waals surface area contributed by atoms with Crippen LogP contribution in [0.15, 0.2) is 24.3 Å². The Hall–Kier alpha value is -1.66. The molecule has 1 aromatic carbocycles. The fourth-order valence-electron chi connectivity index (χ4n) is 3.00. The molecule has 0 aliphatic carbocycles. The molecule has 6 heteroatoms. The van der Waals surface area contributed by atoms with Gasteiger partial charge in [-0.05, 0) is 37.2 Å². The highest BCUT2D eigenvalue weighted by Gasteiger charge is 2.47. The summed E-state index contributed by atoms with van der Waals surface area (Å²) in [6.45, 7) is 12.8. The highest BCUT2D eigenvalue weighted by molar-refractivity contribution is 6.74. The minimum Gasteiger partial charge on any atom is -0.497 e. The summed E-state index contributed by atoms with van der Waals surface area (Å²) >= 11 is 0. The van der Waals surface area contributed by atoms with Gasteiger partial charge in [0.05, 0.1) is 25.2 Å². The molecule has 0 aromatic heterocycles. The number of ketones is 1. The van der Waals surface area contributed by atoms with Crippen LogP contribution in [0.2, 0.25) is 18.1 Å². The molecule has 0 spiro atoms. The molecule has 0 unspecified atom stereocenters. The number of amides is 1. The zero-order valence-electron chi connectivity index (χ0n) is 16.9. The third-order valence-electron chi connectivity index (χ3n) is 5.65. The molecule has 1 heterocycles. The summed E-state index contributed by atoms with van der Waals surface area (Å²) in [6, 6.07) is 6.93. The summed E-state index contributed by atoms with van der Waals surface area (Å²) in [5.74, 6) is 0.344. The van der Waals surface area contributed by atoms with Crippen LogP contribution in [0.5, 0.6) is 5.75 Å². The number of ether oxygens (including phenoxy) is 1. The number of Topliss-reactive ketones (excluding diaryl/α,β-unsaturated/α-hetero) is 1. The van der Waals surface area contributed by atoms with E-state index in [1.165, 1.54) is 0 Å². The van der Waals surface area contributed by atoms with Crippen LogP contribution in [0, 0.1) is 5.92 Å². The molecule has 1 amide bonds. The molecule has 26 heavy (non-hydrogen) atoms. The molecular weight excluding hydrogens is 346 g/mol. The van der Waals surface area contributed by atoms with Crippen LogP contribution in [0.3, 0.4) is 0 Å². The van der Waals surface area contributed by atoms with E-state index in [9.17, 15) is 9.59 Å². The van der Waals surface area contributed by atoms with Gasteiger partial charge in [-0.25, -0.2) is 0 Å². The molecule has 1 aliphatic heterocycles. The average molecular weight is 378 g/mol. The molecule has 1 saturated heterocycles. The Morgan fingerprint density at radius 1 is 1.31 bits per heavy atom. The maximum absolute atomic E-state index is 12.6. The second kappa shape index (κ2) is 7.52. The van der Waals surface area contributed by atoms with Gasteiger partial charge in [-0.3, -0.25) is 9.59 Å². The van der Waals surface area contributed by atoms with Gasteiger partial charge in [-0.1, -0.05) is 32.9 Å². The first-order valence-electron chi connectivity index (χ1n) is 9.11. The van der Waals surface area contributed by atoms with Gasteiger partial charge in [0.1, 0.15) is 5.75 Å². The zero-order valence-corrected chi connectivity index (χ0v) is 17.9. The molecule has 5 nitrogen and oxygen atoms in total. The van der Waals surface area contributed by atoms with Crippen molar-refractivity contribution in [1.82, 2.24) is 5.32 Å². The van der Waals surface area contributed by atoms with Crippen molar-refractivity contribution in [2.24, 2.45) is 5.92 Å². The maximum atomic E-state index is 12.6. The van der Waals surface area contributed by atoms with Gasteiger partial charge in [0.2, 0.25) is 5.91 Å². The van der Waals surface area contributed by atoms with Gasteiger partial charge in [-0.15, -0.1) is 0 Å². The normalized spacial score (nSPS) is 21.6. The number of carbonyl (C=O) groups is 2. The fraction of sp³-hybridized carbons (Fsp3) is 0.600. The van der Waals surface area contributed by atoms with Gasteiger partial charge in [-0.2, -0.15) is 0 Å². The summed E-state index contributed by atoms with van der Waals surface area (Å²) in [4.78, 5) is 24.7. The van der Waals surface area contributed by atoms with E-state index in [0.717, 1.165) is 0 Å². The zero-order chi connectivity index (χ0) is 19.7. The molecule has 0 bridgehead atoms. The van der Waals surface area contributed by atoms with Gasteiger partial charge < -0.3 is 14.5 Å². The predicted octanol–water partition coefficient (Wildman–Crippen LogP) is 3.79. The van der Waals surface area contributed by atoms with E-state index in [1.54, 1.807) is 31.4 Å². The van der Waals surface area contributed by atoms with Crippen LogP contribution >= 0.6 is 0 Å². The quantitative estimate of drug-likeness (QED) is 0.446. The largest absolute Gasteiger partial charge is 0.497 e. The lowest BCUT2D eigenvalue weighted by molar-refractivity contribution is -0.139. The molecule has 0 saturated carbocycles. The highest BCUT2D eigenvalue weighted by atomic mass is 28.4. The summed E-state index contributed by atoms with van der Waals surface area (Å²) < 4.78 is 11.6. The van der Waals surface area contributed by atoms with E-state index in [-0.39, 0.29) is 41.2 Å². The van der Waals surface area contributed by atoms with Gasteiger partial charge in [0.25, 0.3) is 0 Å². The standard InChI is InChI=1S/C20H31NO4Si/c1-13(25-26(6,7)20(2,3)4)18-16(21-19(18)23)12-17(22)14-9-8-10-15(11-14)24-5/h8-11,13,16,18H,12H2,1-7H3,(H,21,23)/t13-,16-,18-/m1/s1. The molecule has 144 valence electrons. The fourth-order valence-corrected chi connectivity index (χ4v) is 4.43. The lowest BCUT2D eigenvalue weighted by atomic mass is 9.82. The van der Waals surface area contributed by atoms with Crippen molar-refractivity contribution >= 4 is 20.0 Å². The Bertz CT molecular complexity index is 681. The Kier molecular flexibility index (Phi) is 5.98. The predicted molar refractivity (Wildman–Crippen MR) is 105 cm³/mol. The topological polar surface area (TPSA) is 64.6 Å². The van der Waals surface area contributed by atoms with Crippen molar-refractivity contribution in [2.45, 2.75) is 64.4 Å². The number of methoxy groups -OCH3 is 1. The Balaban J connectivity index is 2.04. The van der Waals surface area contributed by atoms with Crippen LogP contribution in [-0.4, -0.2) is 39.3 Å². The molecule has 1 aliphatic rings. The van der Waals surface area contributed by atoms with Crippen molar-refractivity contribution < 1.29 is 18.8 Å². The van der Waals surface area contributed by atoms with Crippen LogP contribution < -0.4 is 10.1 Å². The SMILES string of the molecule is COc1cccc(C(=O)C[C@H]2NC(=O)[C@@H]2[C@@H](C)O[Si](C)(C)C(C)(C)C)c1. The average Bonchev–Trinajstić information content (AvgIpc) is 2.52. The Morgan fingerprint density at radius 3 is 2.50 bits per heavy atom. The van der Waals surface area contributed by atoms with Crippen molar-refractivity contribution in [3.8, 4) is 5.75 Å². The molecule has 0 radical (unpaired) electrons. The van der Waals surface area contributed by atoms with Crippen molar-refractivity contribution in [1.29, 1.82) is 0 Å². The highest BCUT2D eigenvalue weighted by Crippen LogP contribution is 2.39. The minimum atomic E-state index is -1.97. The number of nitrogens with one attached hydrogen (secondary N) is 1.